The van der Waals surface area contributed by atoms with E-state index in [1.165, 1.54) is 0 Å². The molecular formula is C34H31O4P. The lowest BCUT2D eigenvalue weighted by Gasteiger charge is -2.39. The summed E-state index contributed by atoms with van der Waals surface area (Å²) < 4.78 is 25.3. The zero-order chi connectivity index (χ0) is 27.3. The molecule has 0 radical (unpaired) electrons. The fraction of sp³-hybridized carbons (Fsp3) is 0.118. The third-order valence-corrected chi connectivity index (χ3v) is 7.84. The lowest BCUT2D eigenvalue weighted by Crippen LogP contribution is -2.36. The average molecular weight is 535 g/mol. The topological polar surface area (TPSA) is 55.8 Å². The van der Waals surface area contributed by atoms with Gasteiger partial charge in [-0.15, -0.1) is 0 Å². The highest BCUT2D eigenvalue weighted by Crippen LogP contribution is 2.55. The molecule has 0 saturated carbocycles. The van der Waals surface area contributed by atoms with Gasteiger partial charge in [0.05, 0.1) is 0 Å². The van der Waals surface area contributed by atoms with Gasteiger partial charge in [-0.2, -0.15) is 0 Å². The van der Waals surface area contributed by atoms with Crippen LogP contribution in [0.25, 0.3) is 22.3 Å². The lowest BCUT2D eigenvalue weighted by molar-refractivity contribution is 0.0287. The molecule has 5 aromatic carbocycles. The lowest BCUT2D eigenvalue weighted by atomic mass is 9.77. The summed E-state index contributed by atoms with van der Waals surface area (Å²) in [5.74, 6) is 0.0438. The molecule has 0 heterocycles. The Morgan fingerprint density at radius 3 is 1.31 bits per heavy atom. The van der Waals surface area contributed by atoms with E-state index in [0.717, 1.165) is 33.4 Å². The molecule has 0 amide bonds. The zero-order valence-corrected chi connectivity index (χ0v) is 22.9. The standard InChI is InChI=1S/C34H31O4P/c1-26(2)34(38-39(35,36)37-33-16-10-5-11-17-33,31-22-18-29(19-23-31)27-12-6-3-7-13-27)32-24-20-30(21-25-32)28-14-8-4-9-15-28/h3-26H,1-2H3,(H,35,36). The van der Waals surface area contributed by atoms with Gasteiger partial charge in [0, 0.05) is 0 Å². The van der Waals surface area contributed by atoms with E-state index in [2.05, 4.69) is 24.3 Å². The Morgan fingerprint density at radius 2 is 0.923 bits per heavy atom. The molecule has 1 atom stereocenters. The minimum Gasteiger partial charge on any atom is -0.404 e. The molecule has 0 bridgehead atoms. The summed E-state index contributed by atoms with van der Waals surface area (Å²) in [5.41, 5.74) is 4.53. The van der Waals surface area contributed by atoms with Crippen LogP contribution >= 0.6 is 7.82 Å². The maximum absolute atomic E-state index is 13.5. The fourth-order valence-corrected chi connectivity index (χ4v) is 6.15. The summed E-state index contributed by atoms with van der Waals surface area (Å²) in [5, 5.41) is 0. The molecule has 0 aliphatic heterocycles. The van der Waals surface area contributed by atoms with E-state index in [0.29, 0.717) is 0 Å². The second-order valence-corrected chi connectivity index (χ2v) is 11.0. The first-order valence-corrected chi connectivity index (χ1v) is 14.5. The van der Waals surface area contributed by atoms with Crippen LogP contribution in [-0.2, 0) is 14.7 Å². The average Bonchev–Trinajstić information content (AvgIpc) is 2.97. The van der Waals surface area contributed by atoms with Gasteiger partial charge in [0.1, 0.15) is 11.4 Å². The monoisotopic (exact) mass is 534 g/mol. The second kappa shape index (κ2) is 11.4. The normalized spacial score (nSPS) is 13.1. The van der Waals surface area contributed by atoms with Gasteiger partial charge in [0.15, 0.2) is 0 Å². The summed E-state index contributed by atoms with van der Waals surface area (Å²) in [6, 6.07) is 44.7. The smallest absolute Gasteiger partial charge is 0.404 e. The van der Waals surface area contributed by atoms with Crippen LogP contribution in [-0.4, -0.2) is 4.89 Å². The van der Waals surface area contributed by atoms with Gasteiger partial charge in [-0.25, -0.2) is 4.57 Å². The van der Waals surface area contributed by atoms with E-state index in [1.54, 1.807) is 24.3 Å². The molecule has 39 heavy (non-hydrogen) atoms. The second-order valence-electron chi connectivity index (χ2n) is 9.74. The van der Waals surface area contributed by atoms with Crippen LogP contribution in [0.1, 0.15) is 25.0 Å². The molecule has 5 aromatic rings. The van der Waals surface area contributed by atoms with Crippen molar-refractivity contribution in [1.29, 1.82) is 0 Å². The first kappa shape index (κ1) is 26.6. The molecule has 0 saturated heterocycles. The molecule has 0 spiro atoms. The Balaban J connectivity index is 1.60. The van der Waals surface area contributed by atoms with Gasteiger partial charge < -0.3 is 4.52 Å². The summed E-state index contributed by atoms with van der Waals surface area (Å²) in [6.07, 6.45) is 0. The highest BCUT2D eigenvalue weighted by atomic mass is 31.2. The number of phosphoric acid groups is 1. The van der Waals surface area contributed by atoms with Crippen molar-refractivity contribution in [3.8, 4) is 28.0 Å². The predicted molar refractivity (Wildman–Crippen MR) is 157 cm³/mol. The molecule has 0 aliphatic carbocycles. The third kappa shape index (κ3) is 5.89. The van der Waals surface area contributed by atoms with Gasteiger partial charge in [-0.3, -0.25) is 9.42 Å². The third-order valence-electron chi connectivity index (χ3n) is 6.88. The van der Waals surface area contributed by atoms with E-state index in [9.17, 15) is 9.46 Å². The number of phosphoric ester groups is 1. The molecule has 0 aliphatic rings. The minimum absolute atomic E-state index is 0.220. The number of benzene rings is 5. The summed E-state index contributed by atoms with van der Waals surface area (Å²) >= 11 is 0. The van der Waals surface area contributed by atoms with Gasteiger partial charge in [-0.1, -0.05) is 141 Å². The van der Waals surface area contributed by atoms with E-state index in [4.69, 9.17) is 9.05 Å². The number of para-hydroxylation sites is 1. The van der Waals surface area contributed by atoms with Crippen molar-refractivity contribution in [2.45, 2.75) is 19.4 Å². The molecule has 5 heteroatoms. The van der Waals surface area contributed by atoms with Crippen molar-refractivity contribution in [3.63, 3.8) is 0 Å². The Labute approximate surface area is 230 Å². The first-order valence-electron chi connectivity index (χ1n) is 13.0. The number of rotatable bonds is 9. The highest BCUT2D eigenvalue weighted by molar-refractivity contribution is 7.47. The number of hydrogen-bond donors (Lipinski definition) is 1. The first-order chi connectivity index (χ1) is 18.9. The van der Waals surface area contributed by atoms with E-state index in [-0.39, 0.29) is 11.7 Å². The van der Waals surface area contributed by atoms with E-state index >= 15 is 0 Å². The Bertz CT molecular complexity index is 1450. The zero-order valence-electron chi connectivity index (χ0n) is 22.0. The molecule has 196 valence electrons. The Hall–Kier alpha value is -3.95. The molecule has 4 nitrogen and oxygen atoms in total. The van der Waals surface area contributed by atoms with Gasteiger partial charge in [0.25, 0.3) is 0 Å². The van der Waals surface area contributed by atoms with Crippen molar-refractivity contribution in [1.82, 2.24) is 0 Å². The van der Waals surface area contributed by atoms with Crippen molar-refractivity contribution in [2.75, 3.05) is 0 Å². The van der Waals surface area contributed by atoms with Gasteiger partial charge >= 0.3 is 7.82 Å². The highest BCUT2D eigenvalue weighted by Gasteiger charge is 2.46. The fourth-order valence-electron chi connectivity index (χ4n) is 4.94. The summed E-state index contributed by atoms with van der Waals surface area (Å²) in [4.78, 5) is 11.1. The maximum atomic E-state index is 13.5. The molecule has 0 aromatic heterocycles. The summed E-state index contributed by atoms with van der Waals surface area (Å²) in [7, 11) is -4.56. The molecule has 0 fully saturated rings. The van der Waals surface area contributed by atoms with Gasteiger partial charge in [-0.05, 0) is 51.4 Å². The Kier molecular flexibility index (Phi) is 7.81. The minimum atomic E-state index is -4.56. The van der Waals surface area contributed by atoms with Crippen LogP contribution in [0.2, 0.25) is 0 Å². The van der Waals surface area contributed by atoms with Gasteiger partial charge in [0.2, 0.25) is 0 Å². The van der Waals surface area contributed by atoms with Crippen LogP contribution < -0.4 is 4.52 Å². The predicted octanol–water partition coefficient (Wildman–Crippen LogP) is 9.12. The molecular weight excluding hydrogens is 503 g/mol. The van der Waals surface area contributed by atoms with Crippen molar-refractivity contribution in [3.05, 3.63) is 151 Å². The quantitative estimate of drug-likeness (QED) is 0.192. The van der Waals surface area contributed by atoms with Crippen molar-refractivity contribution in [2.24, 2.45) is 5.92 Å². The molecule has 1 N–H and O–H groups in total. The van der Waals surface area contributed by atoms with E-state index in [1.807, 2.05) is 105 Å². The van der Waals surface area contributed by atoms with Crippen molar-refractivity contribution < 1.29 is 18.5 Å². The maximum Gasteiger partial charge on any atom is 0.528 e. The molecule has 5 rings (SSSR count). The van der Waals surface area contributed by atoms with Crippen LogP contribution in [0.4, 0.5) is 0 Å². The Morgan fingerprint density at radius 1 is 0.564 bits per heavy atom. The van der Waals surface area contributed by atoms with Crippen LogP contribution in [0, 0.1) is 5.92 Å². The molecule has 1 unspecified atom stereocenters. The van der Waals surface area contributed by atoms with Crippen LogP contribution in [0.15, 0.2) is 140 Å². The largest absolute Gasteiger partial charge is 0.528 e. The van der Waals surface area contributed by atoms with Crippen LogP contribution in [0.3, 0.4) is 0 Å². The van der Waals surface area contributed by atoms with E-state index < -0.39 is 13.4 Å². The van der Waals surface area contributed by atoms with Crippen molar-refractivity contribution >= 4 is 7.82 Å². The summed E-state index contributed by atoms with van der Waals surface area (Å²) in [6.45, 7) is 3.97. The number of hydrogen-bond acceptors (Lipinski definition) is 3. The SMILES string of the molecule is CC(C)C(OP(=O)(O)Oc1ccccc1)(c1ccc(-c2ccccc2)cc1)c1ccc(-c2ccccc2)cc1. The van der Waals surface area contributed by atoms with Crippen LogP contribution in [0.5, 0.6) is 5.75 Å².